The molecule has 1 heterocycles. The van der Waals surface area contributed by atoms with Crippen LogP contribution in [0.25, 0.3) is 22.3 Å². The summed E-state index contributed by atoms with van der Waals surface area (Å²) in [5.74, 6) is -0.884. The molecule has 2 N–H and O–H groups in total. The first-order valence-corrected chi connectivity index (χ1v) is 10.3. The van der Waals surface area contributed by atoms with Crippen LogP contribution in [0.1, 0.15) is 46.4 Å². The van der Waals surface area contributed by atoms with Crippen molar-refractivity contribution in [3.63, 3.8) is 0 Å². The third-order valence-electron chi connectivity index (χ3n) is 5.42. The predicted molar refractivity (Wildman–Crippen MR) is 123 cm³/mol. The number of hydrogen-bond donors (Lipinski definition) is 2. The second kappa shape index (κ2) is 8.86. The van der Waals surface area contributed by atoms with Gasteiger partial charge in [0.25, 0.3) is 6.43 Å². The van der Waals surface area contributed by atoms with Crippen LogP contribution >= 0.6 is 0 Å². The van der Waals surface area contributed by atoms with E-state index < -0.39 is 18.4 Å². The maximum Gasteiger partial charge on any atom is 0.337 e. The van der Waals surface area contributed by atoms with E-state index in [9.17, 15) is 23.5 Å². The van der Waals surface area contributed by atoms with Crippen LogP contribution in [-0.4, -0.2) is 11.1 Å². The highest BCUT2D eigenvalue weighted by molar-refractivity contribution is 5.94. The molecule has 0 unspecified atom stereocenters. The first-order chi connectivity index (χ1) is 15.7. The number of aromatic carboxylic acids is 1. The number of alkyl halides is 2. The van der Waals surface area contributed by atoms with Gasteiger partial charge in [0.05, 0.1) is 17.0 Å². The van der Waals surface area contributed by atoms with E-state index in [-0.39, 0.29) is 22.3 Å². The van der Waals surface area contributed by atoms with Gasteiger partial charge >= 0.3 is 5.97 Å². The molecule has 0 aliphatic heterocycles. The number of fused-ring (bicyclic) bond motifs is 1. The Morgan fingerprint density at radius 2 is 1.79 bits per heavy atom. The zero-order valence-electron chi connectivity index (χ0n) is 17.9. The van der Waals surface area contributed by atoms with E-state index in [1.807, 2.05) is 19.9 Å². The minimum Gasteiger partial charge on any atom is -0.478 e. The van der Waals surface area contributed by atoms with E-state index in [2.05, 4.69) is 5.32 Å². The van der Waals surface area contributed by atoms with E-state index in [1.54, 1.807) is 30.3 Å². The van der Waals surface area contributed by atoms with Crippen LogP contribution in [0, 0.1) is 6.92 Å². The number of hydrogen-bond acceptors (Lipinski definition) is 4. The smallest absolute Gasteiger partial charge is 0.337 e. The number of para-hydroxylation sites is 1. The van der Waals surface area contributed by atoms with Crippen LogP contribution in [0.3, 0.4) is 0 Å². The Morgan fingerprint density at radius 3 is 2.52 bits per heavy atom. The molecule has 0 aliphatic rings. The molecule has 0 bridgehead atoms. The van der Waals surface area contributed by atoms with E-state index >= 15 is 0 Å². The van der Waals surface area contributed by atoms with Crippen molar-refractivity contribution in [1.82, 2.24) is 0 Å². The first-order valence-electron chi connectivity index (χ1n) is 10.3. The average Bonchev–Trinajstić information content (AvgIpc) is 2.79. The standard InChI is InChI=1S/C26H21F2NO4/c1-14-10-19(15(2)29-21-9-4-3-8-18(21)26(31)32)24-20(11-14)22(30)13-23(33-24)16-6-5-7-17(12-16)25(27)28/h3-13,15,25,29H,1-2H3,(H,31,32)/t15-/m1/s1. The first kappa shape index (κ1) is 22.2. The molecular formula is C26H21F2NO4. The van der Waals surface area contributed by atoms with Gasteiger partial charge in [-0.2, -0.15) is 0 Å². The fourth-order valence-electron chi connectivity index (χ4n) is 3.83. The molecule has 0 saturated heterocycles. The van der Waals surface area contributed by atoms with Crippen LogP contribution in [0.15, 0.2) is 75.9 Å². The Labute approximate surface area is 188 Å². The van der Waals surface area contributed by atoms with Gasteiger partial charge < -0.3 is 14.8 Å². The number of rotatable bonds is 6. The fraction of sp³-hybridized carbons (Fsp3) is 0.154. The minimum absolute atomic E-state index is 0.118. The second-order valence-corrected chi connectivity index (χ2v) is 7.85. The average molecular weight is 449 g/mol. The molecule has 7 heteroatoms. The van der Waals surface area contributed by atoms with Crippen LogP contribution in [0.4, 0.5) is 14.5 Å². The summed E-state index contributed by atoms with van der Waals surface area (Å²) in [6, 6.07) is 16.7. The van der Waals surface area contributed by atoms with Gasteiger partial charge in [0.2, 0.25) is 0 Å². The van der Waals surface area contributed by atoms with Crippen molar-refractivity contribution >= 4 is 22.6 Å². The van der Waals surface area contributed by atoms with E-state index in [0.717, 1.165) is 5.56 Å². The Morgan fingerprint density at radius 1 is 1.03 bits per heavy atom. The Hall–Kier alpha value is -4.00. The Kier molecular flexibility index (Phi) is 5.96. The summed E-state index contributed by atoms with van der Waals surface area (Å²) >= 11 is 0. The number of benzene rings is 3. The number of halogens is 2. The van der Waals surface area contributed by atoms with E-state index in [1.165, 1.54) is 30.3 Å². The van der Waals surface area contributed by atoms with Crippen molar-refractivity contribution in [2.75, 3.05) is 5.32 Å². The molecule has 5 nitrogen and oxygen atoms in total. The van der Waals surface area contributed by atoms with Crippen molar-refractivity contribution in [2.24, 2.45) is 0 Å². The topological polar surface area (TPSA) is 79.5 Å². The number of carboxylic acid groups (broad SMARTS) is 1. The number of carboxylic acids is 1. The highest BCUT2D eigenvalue weighted by atomic mass is 19.3. The molecule has 0 fully saturated rings. The molecule has 0 aliphatic carbocycles. The van der Waals surface area contributed by atoms with Crippen LogP contribution < -0.4 is 10.7 Å². The Bertz CT molecular complexity index is 1410. The zero-order chi connectivity index (χ0) is 23.7. The molecule has 1 atom stereocenters. The number of aryl methyl sites for hydroxylation is 1. The van der Waals surface area contributed by atoms with Crippen molar-refractivity contribution < 1.29 is 23.1 Å². The maximum atomic E-state index is 13.2. The highest BCUT2D eigenvalue weighted by Crippen LogP contribution is 2.32. The molecule has 0 saturated carbocycles. The van der Waals surface area contributed by atoms with Crippen molar-refractivity contribution in [3.8, 4) is 11.3 Å². The minimum atomic E-state index is -2.64. The predicted octanol–water partition coefficient (Wildman–Crippen LogP) is 6.58. The highest BCUT2D eigenvalue weighted by Gasteiger charge is 2.19. The number of carbonyl (C=O) groups is 1. The van der Waals surface area contributed by atoms with Crippen molar-refractivity contribution in [2.45, 2.75) is 26.3 Å². The summed E-state index contributed by atoms with van der Waals surface area (Å²) in [6.07, 6.45) is -2.64. The van der Waals surface area contributed by atoms with Gasteiger partial charge in [-0.1, -0.05) is 36.4 Å². The number of anilines is 1. The van der Waals surface area contributed by atoms with Gasteiger partial charge in [-0.15, -0.1) is 0 Å². The SMILES string of the molecule is Cc1cc([C@@H](C)Nc2ccccc2C(=O)O)c2oc(-c3cccc(C(F)F)c3)cc(=O)c2c1. The molecule has 1 aromatic heterocycles. The van der Waals surface area contributed by atoms with Gasteiger partial charge in [-0.25, -0.2) is 13.6 Å². The molecule has 3 aromatic carbocycles. The molecule has 33 heavy (non-hydrogen) atoms. The summed E-state index contributed by atoms with van der Waals surface area (Å²) < 4.78 is 32.4. The van der Waals surface area contributed by atoms with Crippen molar-refractivity contribution in [1.29, 1.82) is 0 Å². The lowest BCUT2D eigenvalue weighted by Crippen LogP contribution is -2.12. The zero-order valence-corrected chi connectivity index (χ0v) is 17.9. The normalized spacial score (nSPS) is 12.2. The van der Waals surface area contributed by atoms with Crippen LogP contribution in [0.2, 0.25) is 0 Å². The third kappa shape index (κ3) is 4.48. The second-order valence-electron chi connectivity index (χ2n) is 7.85. The van der Waals surface area contributed by atoms with Crippen molar-refractivity contribution in [3.05, 3.63) is 99.2 Å². The van der Waals surface area contributed by atoms with Gasteiger partial charge in [-0.05, 0) is 43.7 Å². The molecule has 0 radical (unpaired) electrons. The molecular weight excluding hydrogens is 428 g/mol. The lowest BCUT2D eigenvalue weighted by atomic mass is 10.00. The van der Waals surface area contributed by atoms with Crippen LogP contribution in [0.5, 0.6) is 0 Å². The maximum absolute atomic E-state index is 13.2. The van der Waals surface area contributed by atoms with Gasteiger partial charge in [0.1, 0.15) is 11.3 Å². The van der Waals surface area contributed by atoms with E-state index in [0.29, 0.717) is 27.8 Å². The van der Waals surface area contributed by atoms with Crippen LogP contribution in [-0.2, 0) is 0 Å². The lowest BCUT2D eigenvalue weighted by Gasteiger charge is -2.19. The lowest BCUT2D eigenvalue weighted by molar-refractivity contribution is 0.0698. The molecule has 4 rings (SSSR count). The largest absolute Gasteiger partial charge is 0.478 e. The van der Waals surface area contributed by atoms with E-state index in [4.69, 9.17) is 4.42 Å². The quantitative estimate of drug-likeness (QED) is 0.348. The monoisotopic (exact) mass is 449 g/mol. The third-order valence-corrected chi connectivity index (χ3v) is 5.42. The molecule has 168 valence electrons. The summed E-state index contributed by atoms with van der Waals surface area (Å²) in [6.45, 7) is 3.68. The molecule has 0 spiro atoms. The van der Waals surface area contributed by atoms with Gasteiger partial charge in [0.15, 0.2) is 5.43 Å². The fourth-order valence-corrected chi connectivity index (χ4v) is 3.83. The van der Waals surface area contributed by atoms with Gasteiger partial charge in [0, 0.05) is 28.4 Å². The molecule has 4 aromatic rings. The summed E-state index contributed by atoms with van der Waals surface area (Å²) in [5, 5.41) is 13.0. The summed E-state index contributed by atoms with van der Waals surface area (Å²) in [5.41, 5.74) is 2.25. The summed E-state index contributed by atoms with van der Waals surface area (Å²) in [4.78, 5) is 24.5. The van der Waals surface area contributed by atoms with Gasteiger partial charge in [-0.3, -0.25) is 4.79 Å². The summed E-state index contributed by atoms with van der Waals surface area (Å²) in [7, 11) is 0. The molecule has 0 amide bonds. The number of nitrogens with one attached hydrogen (secondary N) is 1. The Balaban J connectivity index is 1.84.